The molecule has 2 aliphatic rings. The zero-order valence-electron chi connectivity index (χ0n) is 10.8. The Kier molecular flexibility index (Phi) is 3.32. The van der Waals surface area contributed by atoms with E-state index in [1.54, 1.807) is 17.9 Å². The van der Waals surface area contributed by atoms with Crippen molar-refractivity contribution < 1.29 is 14.7 Å². The number of amides is 2. The summed E-state index contributed by atoms with van der Waals surface area (Å²) in [5.41, 5.74) is -1.05. The highest BCUT2D eigenvalue weighted by Gasteiger charge is 2.48. The van der Waals surface area contributed by atoms with Gasteiger partial charge >= 0.3 is 12.0 Å². The van der Waals surface area contributed by atoms with Crippen molar-refractivity contribution in [2.24, 2.45) is 0 Å². The number of urea groups is 1. The van der Waals surface area contributed by atoms with Gasteiger partial charge in [-0.2, -0.15) is 0 Å². The summed E-state index contributed by atoms with van der Waals surface area (Å²) in [6, 6.07) is 0.119. The number of hydrogen-bond acceptors (Lipinski definition) is 2. The maximum atomic E-state index is 12.5. The SMILES string of the molecule is C=CCN(C(=O)N1CCCC1(C)C(=O)O)C1CC1. The van der Waals surface area contributed by atoms with Crippen LogP contribution in [0.1, 0.15) is 32.6 Å². The van der Waals surface area contributed by atoms with E-state index in [-0.39, 0.29) is 12.1 Å². The zero-order valence-corrected chi connectivity index (χ0v) is 10.8. The molecule has 1 aliphatic heterocycles. The van der Waals surface area contributed by atoms with Crippen LogP contribution in [0.25, 0.3) is 0 Å². The molecule has 1 N–H and O–H groups in total. The molecule has 2 fully saturated rings. The monoisotopic (exact) mass is 252 g/mol. The lowest BCUT2D eigenvalue weighted by molar-refractivity contribution is -0.147. The molecule has 2 amide bonds. The first-order chi connectivity index (χ1) is 8.50. The van der Waals surface area contributed by atoms with E-state index in [0.717, 1.165) is 19.3 Å². The summed E-state index contributed by atoms with van der Waals surface area (Å²) in [7, 11) is 0. The molecule has 1 atom stereocenters. The summed E-state index contributed by atoms with van der Waals surface area (Å²) in [6.07, 6.45) is 5.00. The summed E-state index contributed by atoms with van der Waals surface area (Å²) in [6.45, 7) is 6.33. The Bertz CT molecular complexity index is 378. The van der Waals surface area contributed by atoms with Crippen LogP contribution in [-0.4, -0.2) is 51.6 Å². The predicted octanol–water partition coefficient (Wildman–Crippen LogP) is 1.70. The maximum absolute atomic E-state index is 12.5. The molecular weight excluding hydrogens is 232 g/mol. The largest absolute Gasteiger partial charge is 0.480 e. The molecule has 0 spiro atoms. The van der Waals surface area contributed by atoms with Gasteiger partial charge in [-0.1, -0.05) is 6.08 Å². The fraction of sp³-hybridized carbons (Fsp3) is 0.692. The van der Waals surface area contributed by atoms with Crippen molar-refractivity contribution in [1.82, 2.24) is 9.80 Å². The lowest BCUT2D eigenvalue weighted by Gasteiger charge is -2.35. The summed E-state index contributed by atoms with van der Waals surface area (Å²) in [5, 5.41) is 9.33. The number of carbonyl (C=O) groups excluding carboxylic acids is 1. The number of nitrogens with zero attached hydrogens (tertiary/aromatic N) is 2. The van der Waals surface area contributed by atoms with Gasteiger partial charge in [-0.05, 0) is 32.6 Å². The van der Waals surface area contributed by atoms with Crippen LogP contribution in [0.4, 0.5) is 4.79 Å². The standard InChI is InChI=1S/C13H20N2O3/c1-3-8-14(10-5-6-10)12(18)15-9-4-7-13(15,2)11(16)17/h3,10H,1,4-9H2,2H3,(H,16,17). The van der Waals surface area contributed by atoms with Gasteiger partial charge in [-0.25, -0.2) is 9.59 Å². The molecule has 0 aromatic carbocycles. The summed E-state index contributed by atoms with van der Waals surface area (Å²) < 4.78 is 0. The second kappa shape index (κ2) is 4.63. The van der Waals surface area contributed by atoms with E-state index >= 15 is 0 Å². The first-order valence-corrected chi connectivity index (χ1v) is 6.43. The van der Waals surface area contributed by atoms with Crippen LogP contribution in [0.2, 0.25) is 0 Å². The minimum atomic E-state index is -1.05. The molecule has 5 heteroatoms. The summed E-state index contributed by atoms with van der Waals surface area (Å²) in [5.74, 6) is -0.914. The van der Waals surface area contributed by atoms with E-state index in [4.69, 9.17) is 0 Å². The Balaban J connectivity index is 2.16. The van der Waals surface area contributed by atoms with E-state index in [2.05, 4.69) is 6.58 Å². The van der Waals surface area contributed by atoms with Crippen molar-refractivity contribution in [1.29, 1.82) is 0 Å². The van der Waals surface area contributed by atoms with Gasteiger partial charge in [0.15, 0.2) is 0 Å². The molecule has 18 heavy (non-hydrogen) atoms. The first-order valence-electron chi connectivity index (χ1n) is 6.43. The normalized spacial score (nSPS) is 27.1. The van der Waals surface area contributed by atoms with Crippen molar-refractivity contribution in [3.05, 3.63) is 12.7 Å². The molecule has 2 rings (SSSR count). The molecule has 0 aromatic rings. The number of carbonyl (C=O) groups is 2. The number of likely N-dealkylation sites (tertiary alicyclic amines) is 1. The number of hydrogen-bond donors (Lipinski definition) is 1. The van der Waals surface area contributed by atoms with Gasteiger partial charge in [0.05, 0.1) is 0 Å². The van der Waals surface area contributed by atoms with Gasteiger partial charge in [-0.3, -0.25) is 0 Å². The van der Waals surface area contributed by atoms with E-state index in [9.17, 15) is 14.7 Å². The average molecular weight is 252 g/mol. The number of carboxylic acids is 1. The van der Waals surface area contributed by atoms with E-state index in [1.165, 1.54) is 4.90 Å². The van der Waals surface area contributed by atoms with Gasteiger partial charge in [0.1, 0.15) is 5.54 Å². The van der Waals surface area contributed by atoms with Crippen LogP contribution < -0.4 is 0 Å². The predicted molar refractivity (Wildman–Crippen MR) is 67.3 cm³/mol. The van der Waals surface area contributed by atoms with Crippen LogP contribution in [0.15, 0.2) is 12.7 Å². The summed E-state index contributed by atoms with van der Waals surface area (Å²) in [4.78, 5) is 27.1. The molecule has 5 nitrogen and oxygen atoms in total. The molecule has 1 unspecified atom stereocenters. The number of rotatable bonds is 4. The Morgan fingerprint density at radius 3 is 2.72 bits per heavy atom. The quantitative estimate of drug-likeness (QED) is 0.775. The third-order valence-electron chi connectivity index (χ3n) is 3.89. The Morgan fingerprint density at radius 2 is 2.22 bits per heavy atom. The highest BCUT2D eigenvalue weighted by Crippen LogP contribution is 2.34. The van der Waals surface area contributed by atoms with Gasteiger partial charge in [0.25, 0.3) is 0 Å². The van der Waals surface area contributed by atoms with E-state index in [0.29, 0.717) is 19.5 Å². The Labute approximate surface area is 107 Å². The van der Waals surface area contributed by atoms with Gasteiger partial charge in [-0.15, -0.1) is 6.58 Å². The fourth-order valence-electron chi connectivity index (χ4n) is 2.56. The molecule has 0 aromatic heterocycles. The smallest absolute Gasteiger partial charge is 0.329 e. The van der Waals surface area contributed by atoms with Crippen LogP contribution in [0.5, 0.6) is 0 Å². The van der Waals surface area contributed by atoms with Crippen molar-refractivity contribution in [2.45, 2.75) is 44.2 Å². The molecule has 0 bridgehead atoms. The molecule has 1 saturated carbocycles. The second-order valence-corrected chi connectivity index (χ2v) is 5.29. The van der Waals surface area contributed by atoms with Crippen LogP contribution in [0, 0.1) is 0 Å². The molecular formula is C13H20N2O3. The van der Waals surface area contributed by atoms with Gasteiger partial charge in [0, 0.05) is 19.1 Å². The number of aliphatic carboxylic acids is 1. The molecule has 0 radical (unpaired) electrons. The molecule has 1 aliphatic carbocycles. The molecule has 1 heterocycles. The van der Waals surface area contributed by atoms with Crippen molar-refractivity contribution in [3.63, 3.8) is 0 Å². The Hall–Kier alpha value is -1.52. The minimum Gasteiger partial charge on any atom is -0.480 e. The highest BCUT2D eigenvalue weighted by atomic mass is 16.4. The van der Waals surface area contributed by atoms with Gasteiger partial charge < -0.3 is 14.9 Å². The topological polar surface area (TPSA) is 60.9 Å². The minimum absolute atomic E-state index is 0.153. The zero-order chi connectivity index (χ0) is 13.3. The third-order valence-corrected chi connectivity index (χ3v) is 3.89. The average Bonchev–Trinajstić information content (AvgIpc) is 3.08. The van der Waals surface area contributed by atoms with Crippen LogP contribution in [0.3, 0.4) is 0 Å². The third kappa shape index (κ3) is 2.09. The van der Waals surface area contributed by atoms with E-state index in [1.807, 2.05) is 0 Å². The highest BCUT2D eigenvalue weighted by molar-refractivity contribution is 5.87. The Morgan fingerprint density at radius 1 is 1.56 bits per heavy atom. The van der Waals surface area contributed by atoms with E-state index < -0.39 is 11.5 Å². The maximum Gasteiger partial charge on any atom is 0.329 e. The van der Waals surface area contributed by atoms with Crippen molar-refractivity contribution >= 4 is 12.0 Å². The number of carboxylic acid groups (broad SMARTS) is 1. The lowest BCUT2D eigenvalue weighted by atomic mass is 10.00. The molecule has 100 valence electrons. The van der Waals surface area contributed by atoms with Crippen molar-refractivity contribution in [2.75, 3.05) is 13.1 Å². The fourth-order valence-corrected chi connectivity index (χ4v) is 2.56. The molecule has 1 saturated heterocycles. The van der Waals surface area contributed by atoms with Crippen molar-refractivity contribution in [3.8, 4) is 0 Å². The van der Waals surface area contributed by atoms with Crippen LogP contribution >= 0.6 is 0 Å². The summed E-state index contributed by atoms with van der Waals surface area (Å²) >= 11 is 0. The first kappa shape index (κ1) is 12.9. The van der Waals surface area contributed by atoms with Crippen LogP contribution in [-0.2, 0) is 4.79 Å². The lowest BCUT2D eigenvalue weighted by Crippen LogP contribution is -2.55. The van der Waals surface area contributed by atoms with Gasteiger partial charge in [0.2, 0.25) is 0 Å². The second-order valence-electron chi connectivity index (χ2n) is 5.29.